The van der Waals surface area contributed by atoms with E-state index < -0.39 is 0 Å². The van der Waals surface area contributed by atoms with Gasteiger partial charge < -0.3 is 10.2 Å². The Labute approximate surface area is 117 Å². The minimum Gasteiger partial charge on any atom is -0.374 e. The number of halogens is 1. The lowest BCUT2D eigenvalue weighted by atomic mass is 10.1. The van der Waals surface area contributed by atoms with Crippen LogP contribution in [0.4, 0.5) is 10.1 Å². The Morgan fingerprint density at radius 1 is 1.32 bits per heavy atom. The third kappa shape index (κ3) is 5.60. The second kappa shape index (κ2) is 8.16. The topological polar surface area (TPSA) is 15.3 Å². The minimum atomic E-state index is -0.158. The van der Waals surface area contributed by atoms with Crippen LogP contribution in [0.3, 0.4) is 0 Å². The van der Waals surface area contributed by atoms with Gasteiger partial charge in [0.1, 0.15) is 5.82 Å². The summed E-state index contributed by atoms with van der Waals surface area (Å²) in [6.07, 6.45) is 2.33. The molecule has 0 spiro atoms. The number of nitrogens with one attached hydrogen (secondary N) is 1. The highest BCUT2D eigenvalue weighted by molar-refractivity contribution is 5.53. The van der Waals surface area contributed by atoms with Gasteiger partial charge in [0, 0.05) is 25.8 Å². The first-order valence-corrected chi connectivity index (χ1v) is 7.24. The molecule has 1 N–H and O–H groups in total. The van der Waals surface area contributed by atoms with Gasteiger partial charge in [-0.2, -0.15) is 0 Å². The van der Waals surface area contributed by atoms with Gasteiger partial charge in [-0.15, -0.1) is 0 Å². The third-order valence-electron chi connectivity index (χ3n) is 3.17. The summed E-state index contributed by atoms with van der Waals surface area (Å²) in [7, 11) is 2.08. The third-order valence-corrected chi connectivity index (χ3v) is 3.17. The summed E-state index contributed by atoms with van der Waals surface area (Å²) in [5.41, 5.74) is 2.17. The Balaban J connectivity index is 2.73. The molecule has 1 aromatic carbocycles. The number of nitrogens with zero attached hydrogens (tertiary/aromatic N) is 1. The summed E-state index contributed by atoms with van der Waals surface area (Å²) in [5, 5.41) is 3.39. The van der Waals surface area contributed by atoms with Gasteiger partial charge in [0.25, 0.3) is 0 Å². The summed E-state index contributed by atoms with van der Waals surface area (Å²) < 4.78 is 13.4. The van der Waals surface area contributed by atoms with Gasteiger partial charge in [-0.3, -0.25) is 0 Å². The molecule has 2 nitrogen and oxygen atoms in total. The lowest BCUT2D eigenvalue weighted by Gasteiger charge is -2.23. The van der Waals surface area contributed by atoms with E-state index in [-0.39, 0.29) is 5.82 Å². The molecule has 1 aromatic rings. The molecule has 0 bridgehead atoms. The second-order valence-corrected chi connectivity index (χ2v) is 5.57. The van der Waals surface area contributed by atoms with Gasteiger partial charge >= 0.3 is 0 Å². The standard InChI is InChI=1S/C16H27FN2/c1-5-6-9-19(4)16-8-7-15(17)10-14(16)12-18-11-13(2)3/h7-8,10,13,18H,5-6,9,11-12H2,1-4H3. The van der Waals surface area contributed by atoms with Gasteiger partial charge in [0.15, 0.2) is 0 Å². The molecule has 0 atom stereocenters. The molecule has 0 amide bonds. The number of anilines is 1. The highest BCUT2D eigenvalue weighted by Gasteiger charge is 2.08. The van der Waals surface area contributed by atoms with E-state index in [1.807, 2.05) is 6.07 Å². The molecule has 0 aliphatic rings. The molecule has 19 heavy (non-hydrogen) atoms. The molecule has 0 saturated heterocycles. The second-order valence-electron chi connectivity index (χ2n) is 5.57. The van der Waals surface area contributed by atoms with Gasteiger partial charge in [-0.25, -0.2) is 4.39 Å². The van der Waals surface area contributed by atoms with Crippen LogP contribution in [0.25, 0.3) is 0 Å². The molecule has 0 aromatic heterocycles. The van der Waals surface area contributed by atoms with Crippen molar-refractivity contribution in [2.75, 3.05) is 25.0 Å². The maximum Gasteiger partial charge on any atom is 0.123 e. The quantitative estimate of drug-likeness (QED) is 0.769. The van der Waals surface area contributed by atoms with Crippen molar-refractivity contribution in [3.8, 4) is 0 Å². The van der Waals surface area contributed by atoms with Crippen LogP contribution < -0.4 is 10.2 Å². The molecule has 108 valence electrons. The Bertz CT molecular complexity index is 377. The minimum absolute atomic E-state index is 0.158. The SMILES string of the molecule is CCCCN(C)c1ccc(F)cc1CNCC(C)C. The van der Waals surface area contributed by atoms with E-state index >= 15 is 0 Å². The molecule has 0 saturated carbocycles. The Morgan fingerprint density at radius 2 is 2.05 bits per heavy atom. The first kappa shape index (κ1) is 16.0. The first-order chi connectivity index (χ1) is 9.04. The molecule has 1 rings (SSSR count). The number of hydrogen-bond donors (Lipinski definition) is 1. The van der Waals surface area contributed by atoms with Crippen molar-refractivity contribution in [2.24, 2.45) is 5.92 Å². The molecule has 0 heterocycles. The van der Waals surface area contributed by atoms with E-state index in [9.17, 15) is 4.39 Å². The van der Waals surface area contributed by atoms with Gasteiger partial charge in [-0.1, -0.05) is 27.2 Å². The van der Waals surface area contributed by atoms with E-state index in [0.717, 1.165) is 37.3 Å². The van der Waals surface area contributed by atoms with Crippen molar-refractivity contribution in [1.82, 2.24) is 5.32 Å². The van der Waals surface area contributed by atoms with Crippen LogP contribution >= 0.6 is 0 Å². The fourth-order valence-electron chi connectivity index (χ4n) is 2.08. The monoisotopic (exact) mass is 266 g/mol. The van der Waals surface area contributed by atoms with E-state index in [1.165, 1.54) is 6.42 Å². The van der Waals surface area contributed by atoms with Crippen molar-refractivity contribution < 1.29 is 4.39 Å². The van der Waals surface area contributed by atoms with Crippen LogP contribution in [0, 0.1) is 11.7 Å². The van der Waals surface area contributed by atoms with Gasteiger partial charge in [-0.05, 0) is 42.6 Å². The highest BCUT2D eigenvalue weighted by Crippen LogP contribution is 2.21. The fraction of sp³-hybridized carbons (Fsp3) is 0.625. The van der Waals surface area contributed by atoms with E-state index in [4.69, 9.17) is 0 Å². The largest absolute Gasteiger partial charge is 0.374 e. The van der Waals surface area contributed by atoms with Crippen LogP contribution in [0.2, 0.25) is 0 Å². The summed E-state index contributed by atoms with van der Waals surface area (Å²) in [4.78, 5) is 2.22. The first-order valence-electron chi connectivity index (χ1n) is 7.24. The maximum atomic E-state index is 13.4. The van der Waals surface area contributed by atoms with Crippen LogP contribution in [-0.2, 0) is 6.54 Å². The predicted molar refractivity (Wildman–Crippen MR) is 81.1 cm³/mol. The molecule has 0 aliphatic carbocycles. The van der Waals surface area contributed by atoms with Crippen molar-refractivity contribution in [2.45, 2.75) is 40.2 Å². The normalized spacial score (nSPS) is 11.1. The summed E-state index contributed by atoms with van der Waals surface area (Å²) in [6, 6.07) is 5.08. The summed E-state index contributed by atoms with van der Waals surface area (Å²) in [6.45, 7) is 9.22. The Kier molecular flexibility index (Phi) is 6.85. The summed E-state index contributed by atoms with van der Waals surface area (Å²) in [5.74, 6) is 0.448. The van der Waals surface area contributed by atoms with Crippen molar-refractivity contribution >= 4 is 5.69 Å². The average molecular weight is 266 g/mol. The molecular weight excluding hydrogens is 239 g/mol. The molecule has 0 unspecified atom stereocenters. The molecule has 0 fully saturated rings. The fourth-order valence-corrected chi connectivity index (χ4v) is 2.08. The van der Waals surface area contributed by atoms with Crippen LogP contribution in [-0.4, -0.2) is 20.1 Å². The average Bonchev–Trinajstić information content (AvgIpc) is 2.35. The summed E-state index contributed by atoms with van der Waals surface area (Å²) >= 11 is 0. The van der Waals surface area contributed by atoms with Crippen molar-refractivity contribution in [3.63, 3.8) is 0 Å². The predicted octanol–water partition coefficient (Wildman–Crippen LogP) is 3.81. The number of rotatable bonds is 8. The highest BCUT2D eigenvalue weighted by atomic mass is 19.1. The van der Waals surface area contributed by atoms with Crippen molar-refractivity contribution in [1.29, 1.82) is 0 Å². The molecule has 3 heteroatoms. The Morgan fingerprint density at radius 3 is 2.68 bits per heavy atom. The zero-order valence-electron chi connectivity index (χ0n) is 12.7. The van der Waals surface area contributed by atoms with E-state index in [2.05, 4.69) is 38.0 Å². The Hall–Kier alpha value is -1.09. The zero-order valence-corrected chi connectivity index (χ0v) is 12.7. The number of unbranched alkanes of at least 4 members (excludes halogenated alkanes) is 1. The lowest BCUT2D eigenvalue weighted by molar-refractivity contribution is 0.549. The molecule has 0 aliphatic heterocycles. The lowest BCUT2D eigenvalue weighted by Crippen LogP contribution is -2.23. The van der Waals surface area contributed by atoms with Crippen molar-refractivity contribution in [3.05, 3.63) is 29.6 Å². The van der Waals surface area contributed by atoms with E-state index in [1.54, 1.807) is 12.1 Å². The smallest absolute Gasteiger partial charge is 0.123 e. The number of benzene rings is 1. The van der Waals surface area contributed by atoms with Gasteiger partial charge in [0.05, 0.1) is 0 Å². The maximum absolute atomic E-state index is 13.4. The van der Waals surface area contributed by atoms with Crippen LogP contribution in [0.1, 0.15) is 39.2 Å². The van der Waals surface area contributed by atoms with Crippen LogP contribution in [0.15, 0.2) is 18.2 Å². The number of hydrogen-bond acceptors (Lipinski definition) is 2. The zero-order chi connectivity index (χ0) is 14.3. The molecule has 0 radical (unpaired) electrons. The van der Waals surface area contributed by atoms with Crippen LogP contribution in [0.5, 0.6) is 0 Å². The molecular formula is C16H27FN2. The van der Waals surface area contributed by atoms with Gasteiger partial charge in [0.2, 0.25) is 0 Å². The van der Waals surface area contributed by atoms with E-state index in [0.29, 0.717) is 5.92 Å².